The van der Waals surface area contributed by atoms with Gasteiger partial charge in [-0.1, -0.05) is 30.3 Å². The van der Waals surface area contributed by atoms with Crippen molar-refractivity contribution in [3.63, 3.8) is 0 Å². The standard InChI is InChI=1S/C19H19FN4/c20-16-9-4-10-21-19(16)24-11-5-8-15(13-24)18-22-12-17(23-18)14-6-2-1-3-7-14/h1-4,6-7,9-10,12,15H,5,8,11,13H2,(H,22,23). The molecule has 1 aromatic carbocycles. The average molecular weight is 322 g/mol. The molecule has 1 atom stereocenters. The molecule has 5 heteroatoms. The fourth-order valence-corrected chi connectivity index (χ4v) is 3.31. The highest BCUT2D eigenvalue weighted by molar-refractivity contribution is 5.58. The third-order valence-corrected chi connectivity index (χ3v) is 4.53. The van der Waals surface area contributed by atoms with Crippen LogP contribution in [0.15, 0.2) is 54.9 Å². The number of hydrogen-bond donors (Lipinski definition) is 1. The molecule has 4 rings (SSSR count). The van der Waals surface area contributed by atoms with Crippen molar-refractivity contribution in [2.75, 3.05) is 18.0 Å². The van der Waals surface area contributed by atoms with Crippen molar-refractivity contribution in [3.8, 4) is 11.3 Å². The summed E-state index contributed by atoms with van der Waals surface area (Å²) in [5, 5.41) is 0. The van der Waals surface area contributed by atoms with Gasteiger partial charge in [-0.2, -0.15) is 0 Å². The van der Waals surface area contributed by atoms with Crippen LogP contribution in [0.3, 0.4) is 0 Å². The summed E-state index contributed by atoms with van der Waals surface area (Å²) in [5.41, 5.74) is 2.14. The first-order valence-electron chi connectivity index (χ1n) is 8.27. The van der Waals surface area contributed by atoms with Gasteiger partial charge < -0.3 is 9.88 Å². The SMILES string of the molecule is Fc1cccnc1N1CCCC(c2ncc(-c3ccccc3)[nH]2)C1. The highest BCUT2D eigenvalue weighted by Crippen LogP contribution is 2.29. The number of pyridine rings is 1. The van der Waals surface area contributed by atoms with Crippen LogP contribution in [0, 0.1) is 5.82 Å². The average Bonchev–Trinajstić information content (AvgIpc) is 3.13. The number of aromatic nitrogens is 3. The molecular weight excluding hydrogens is 303 g/mol. The number of piperidine rings is 1. The van der Waals surface area contributed by atoms with E-state index in [2.05, 4.69) is 27.1 Å². The molecule has 3 aromatic rings. The predicted molar refractivity (Wildman–Crippen MR) is 92.4 cm³/mol. The van der Waals surface area contributed by atoms with E-state index in [1.807, 2.05) is 29.3 Å². The molecule has 0 saturated carbocycles. The number of benzene rings is 1. The van der Waals surface area contributed by atoms with E-state index in [9.17, 15) is 4.39 Å². The number of hydrogen-bond acceptors (Lipinski definition) is 3. The van der Waals surface area contributed by atoms with Gasteiger partial charge in [-0.25, -0.2) is 14.4 Å². The van der Waals surface area contributed by atoms with E-state index in [4.69, 9.17) is 0 Å². The van der Waals surface area contributed by atoms with Crippen molar-refractivity contribution in [2.45, 2.75) is 18.8 Å². The molecule has 0 aliphatic carbocycles. The molecule has 4 nitrogen and oxygen atoms in total. The minimum atomic E-state index is -0.262. The Morgan fingerprint density at radius 1 is 1.08 bits per heavy atom. The molecule has 0 amide bonds. The highest BCUT2D eigenvalue weighted by atomic mass is 19.1. The Bertz CT molecular complexity index is 815. The summed E-state index contributed by atoms with van der Waals surface area (Å²) in [4.78, 5) is 14.2. The second kappa shape index (κ2) is 6.43. The molecule has 0 spiro atoms. The molecule has 1 aliphatic rings. The van der Waals surface area contributed by atoms with Crippen LogP contribution in [0.25, 0.3) is 11.3 Å². The van der Waals surface area contributed by atoms with E-state index in [1.54, 1.807) is 12.3 Å². The quantitative estimate of drug-likeness (QED) is 0.793. The van der Waals surface area contributed by atoms with Crippen LogP contribution in [-0.4, -0.2) is 28.0 Å². The molecule has 0 bridgehead atoms. The van der Waals surface area contributed by atoms with E-state index in [0.717, 1.165) is 43.0 Å². The summed E-state index contributed by atoms with van der Waals surface area (Å²) in [7, 11) is 0. The van der Waals surface area contributed by atoms with Crippen molar-refractivity contribution < 1.29 is 4.39 Å². The van der Waals surface area contributed by atoms with Gasteiger partial charge in [0, 0.05) is 25.2 Å². The topological polar surface area (TPSA) is 44.8 Å². The zero-order valence-electron chi connectivity index (χ0n) is 13.3. The van der Waals surface area contributed by atoms with Crippen molar-refractivity contribution in [2.24, 2.45) is 0 Å². The van der Waals surface area contributed by atoms with Gasteiger partial charge in [0.15, 0.2) is 11.6 Å². The molecule has 1 saturated heterocycles. The lowest BCUT2D eigenvalue weighted by Gasteiger charge is -2.32. The fraction of sp³-hybridized carbons (Fsp3) is 0.263. The molecule has 1 fully saturated rings. The molecule has 2 aromatic heterocycles. The maximum Gasteiger partial charge on any atom is 0.165 e. The van der Waals surface area contributed by atoms with E-state index >= 15 is 0 Å². The fourth-order valence-electron chi connectivity index (χ4n) is 3.31. The molecule has 0 radical (unpaired) electrons. The van der Waals surface area contributed by atoms with Crippen molar-refractivity contribution in [1.82, 2.24) is 15.0 Å². The molecule has 1 N–H and O–H groups in total. The van der Waals surface area contributed by atoms with Crippen LogP contribution < -0.4 is 4.90 Å². The first kappa shape index (κ1) is 14.9. The van der Waals surface area contributed by atoms with Gasteiger partial charge in [-0.05, 0) is 30.5 Å². The number of anilines is 1. The Balaban J connectivity index is 1.55. The molecule has 1 unspecified atom stereocenters. The Morgan fingerprint density at radius 2 is 1.96 bits per heavy atom. The Labute approximate surface area is 140 Å². The van der Waals surface area contributed by atoms with Gasteiger partial charge in [0.1, 0.15) is 5.82 Å². The molecular formula is C19H19FN4. The van der Waals surface area contributed by atoms with Crippen LogP contribution in [0.2, 0.25) is 0 Å². The molecule has 3 heterocycles. The van der Waals surface area contributed by atoms with Gasteiger partial charge in [-0.15, -0.1) is 0 Å². The van der Waals surface area contributed by atoms with Gasteiger partial charge in [0.05, 0.1) is 11.9 Å². The summed E-state index contributed by atoms with van der Waals surface area (Å²) >= 11 is 0. The zero-order valence-corrected chi connectivity index (χ0v) is 13.3. The van der Waals surface area contributed by atoms with Crippen molar-refractivity contribution >= 4 is 5.82 Å². The number of nitrogens with one attached hydrogen (secondary N) is 1. The van der Waals surface area contributed by atoms with E-state index in [1.165, 1.54) is 6.07 Å². The summed E-state index contributed by atoms with van der Waals surface area (Å²) in [6, 6.07) is 13.2. The minimum Gasteiger partial charge on any atom is -0.353 e. The minimum absolute atomic E-state index is 0.262. The first-order chi connectivity index (χ1) is 11.8. The van der Waals surface area contributed by atoms with Gasteiger partial charge in [0.25, 0.3) is 0 Å². The van der Waals surface area contributed by atoms with Crippen LogP contribution in [0.1, 0.15) is 24.6 Å². The maximum absolute atomic E-state index is 14.0. The zero-order chi connectivity index (χ0) is 16.4. The molecule has 122 valence electrons. The van der Waals surface area contributed by atoms with Gasteiger partial charge in [0.2, 0.25) is 0 Å². The monoisotopic (exact) mass is 322 g/mol. The van der Waals surface area contributed by atoms with Crippen LogP contribution >= 0.6 is 0 Å². The summed E-state index contributed by atoms with van der Waals surface area (Å²) in [6.07, 6.45) is 5.57. The summed E-state index contributed by atoms with van der Waals surface area (Å²) < 4.78 is 14.0. The number of aromatic amines is 1. The maximum atomic E-state index is 14.0. The number of imidazole rings is 1. The van der Waals surface area contributed by atoms with Crippen molar-refractivity contribution in [1.29, 1.82) is 0 Å². The Morgan fingerprint density at radius 3 is 2.79 bits per heavy atom. The second-order valence-corrected chi connectivity index (χ2v) is 6.14. The van der Waals surface area contributed by atoms with Crippen LogP contribution in [-0.2, 0) is 0 Å². The van der Waals surface area contributed by atoms with Crippen LogP contribution in [0.4, 0.5) is 10.2 Å². The van der Waals surface area contributed by atoms with E-state index < -0.39 is 0 Å². The third-order valence-electron chi connectivity index (χ3n) is 4.53. The number of H-pyrrole nitrogens is 1. The lowest BCUT2D eigenvalue weighted by atomic mass is 9.97. The van der Waals surface area contributed by atoms with Crippen LogP contribution in [0.5, 0.6) is 0 Å². The Hall–Kier alpha value is -2.69. The highest BCUT2D eigenvalue weighted by Gasteiger charge is 2.25. The van der Waals surface area contributed by atoms with E-state index in [0.29, 0.717) is 5.82 Å². The lowest BCUT2D eigenvalue weighted by Crippen LogP contribution is -2.35. The first-order valence-corrected chi connectivity index (χ1v) is 8.27. The Kier molecular flexibility index (Phi) is 3.99. The summed E-state index contributed by atoms with van der Waals surface area (Å²) in [5.74, 6) is 1.41. The predicted octanol–water partition coefficient (Wildman–Crippen LogP) is 3.99. The lowest BCUT2D eigenvalue weighted by molar-refractivity contribution is 0.483. The largest absolute Gasteiger partial charge is 0.353 e. The molecule has 24 heavy (non-hydrogen) atoms. The second-order valence-electron chi connectivity index (χ2n) is 6.14. The molecule has 1 aliphatic heterocycles. The number of rotatable bonds is 3. The third kappa shape index (κ3) is 2.89. The smallest absolute Gasteiger partial charge is 0.165 e. The van der Waals surface area contributed by atoms with Gasteiger partial charge in [-0.3, -0.25) is 0 Å². The summed E-state index contributed by atoms with van der Waals surface area (Å²) in [6.45, 7) is 1.56. The number of nitrogens with zero attached hydrogens (tertiary/aromatic N) is 3. The van der Waals surface area contributed by atoms with Gasteiger partial charge >= 0.3 is 0 Å². The van der Waals surface area contributed by atoms with Crippen molar-refractivity contribution in [3.05, 3.63) is 66.5 Å². The van der Waals surface area contributed by atoms with E-state index in [-0.39, 0.29) is 11.7 Å². The number of halogens is 1. The normalized spacial score (nSPS) is 17.9.